The minimum Gasteiger partial charge on any atom is -0.480 e. The standard InChI is InChI=1S/C24H41N3O5/c25-14-5-4-10-18(26-19(23(29)30)13-12-16-7-2-1-3-8-16)22(28)27-20-11-6-9-17(20)15-21(27)24(31)32/h16-21,26H,1-15,25H2,(H,29,30)(H,31,32)/t17-,18-,19?,20-,21-/m0/s1. The first-order chi connectivity index (χ1) is 15.4. The van der Waals surface area contributed by atoms with Gasteiger partial charge in [-0.15, -0.1) is 0 Å². The SMILES string of the molecule is NCCCC[C@H](NC(CCC1CCCCC1)C(=O)O)C(=O)N1[C@H](C(=O)O)C[C@@H]2CCC[C@@H]21. The second kappa shape index (κ2) is 12.0. The van der Waals surface area contributed by atoms with E-state index in [1.807, 2.05) is 0 Å². The van der Waals surface area contributed by atoms with Crippen LogP contribution >= 0.6 is 0 Å². The number of carbonyl (C=O) groups excluding carboxylic acids is 1. The molecule has 0 aromatic heterocycles. The molecule has 0 spiro atoms. The molecule has 0 radical (unpaired) electrons. The summed E-state index contributed by atoms with van der Waals surface area (Å²) < 4.78 is 0. The van der Waals surface area contributed by atoms with Crippen LogP contribution in [0.2, 0.25) is 0 Å². The van der Waals surface area contributed by atoms with Crippen molar-refractivity contribution >= 4 is 17.8 Å². The molecule has 1 saturated heterocycles. The highest BCUT2D eigenvalue weighted by molar-refractivity contribution is 5.88. The molecule has 1 aliphatic heterocycles. The van der Waals surface area contributed by atoms with Crippen molar-refractivity contribution in [1.29, 1.82) is 0 Å². The first kappa shape index (κ1) is 25.0. The molecule has 0 bridgehead atoms. The highest BCUT2D eigenvalue weighted by Gasteiger charge is 2.50. The number of nitrogens with two attached hydrogens (primary N) is 1. The maximum atomic E-state index is 13.6. The van der Waals surface area contributed by atoms with Crippen LogP contribution in [0.4, 0.5) is 0 Å². The molecular weight excluding hydrogens is 410 g/mol. The Labute approximate surface area is 191 Å². The number of nitrogens with zero attached hydrogens (tertiary/aromatic N) is 1. The van der Waals surface area contributed by atoms with Gasteiger partial charge >= 0.3 is 11.9 Å². The molecule has 182 valence electrons. The number of amides is 1. The number of unbranched alkanes of at least 4 members (excludes halogenated alkanes) is 1. The molecule has 3 fully saturated rings. The van der Waals surface area contributed by atoms with Crippen LogP contribution in [0.3, 0.4) is 0 Å². The molecule has 8 heteroatoms. The van der Waals surface area contributed by atoms with Crippen LogP contribution in [0.15, 0.2) is 0 Å². The smallest absolute Gasteiger partial charge is 0.326 e. The summed E-state index contributed by atoms with van der Waals surface area (Å²) in [6.07, 6.45) is 12.6. The molecule has 3 rings (SSSR count). The summed E-state index contributed by atoms with van der Waals surface area (Å²) in [5.41, 5.74) is 5.64. The molecule has 0 aromatic carbocycles. The Hall–Kier alpha value is -1.67. The zero-order valence-electron chi connectivity index (χ0n) is 19.2. The number of carboxylic acid groups (broad SMARTS) is 2. The fraction of sp³-hybridized carbons (Fsp3) is 0.875. The molecule has 5 N–H and O–H groups in total. The van der Waals surface area contributed by atoms with Crippen molar-refractivity contribution in [1.82, 2.24) is 10.2 Å². The van der Waals surface area contributed by atoms with Crippen molar-refractivity contribution in [2.24, 2.45) is 17.6 Å². The van der Waals surface area contributed by atoms with Crippen LogP contribution in [-0.2, 0) is 14.4 Å². The molecular formula is C24H41N3O5. The van der Waals surface area contributed by atoms with Gasteiger partial charge in [0.2, 0.25) is 5.91 Å². The minimum atomic E-state index is -0.958. The van der Waals surface area contributed by atoms with Gasteiger partial charge in [-0.1, -0.05) is 44.9 Å². The van der Waals surface area contributed by atoms with Crippen LogP contribution < -0.4 is 11.1 Å². The number of carboxylic acids is 2. The predicted octanol–water partition coefficient (Wildman–Crippen LogP) is 2.74. The minimum absolute atomic E-state index is 0.0343. The van der Waals surface area contributed by atoms with E-state index in [1.54, 1.807) is 4.90 Å². The van der Waals surface area contributed by atoms with Crippen LogP contribution in [-0.4, -0.2) is 63.7 Å². The van der Waals surface area contributed by atoms with E-state index in [1.165, 1.54) is 19.3 Å². The summed E-state index contributed by atoms with van der Waals surface area (Å²) in [5.74, 6) is -1.33. The molecule has 1 unspecified atom stereocenters. The first-order valence-electron chi connectivity index (χ1n) is 12.7. The number of rotatable bonds is 12. The van der Waals surface area contributed by atoms with Gasteiger partial charge in [0.1, 0.15) is 12.1 Å². The Morgan fingerprint density at radius 2 is 1.69 bits per heavy atom. The molecule has 1 heterocycles. The number of carbonyl (C=O) groups is 3. The molecule has 2 aliphatic carbocycles. The molecule has 0 aromatic rings. The van der Waals surface area contributed by atoms with Crippen molar-refractivity contribution in [3.05, 3.63) is 0 Å². The third-order valence-electron chi connectivity index (χ3n) is 7.91. The Morgan fingerprint density at radius 3 is 2.34 bits per heavy atom. The molecule has 8 nitrogen and oxygen atoms in total. The second-order valence-electron chi connectivity index (χ2n) is 10.1. The zero-order chi connectivity index (χ0) is 23.1. The fourth-order valence-corrected chi connectivity index (χ4v) is 6.18. The molecule has 2 saturated carbocycles. The summed E-state index contributed by atoms with van der Waals surface area (Å²) in [6.45, 7) is 0.511. The van der Waals surface area contributed by atoms with Gasteiger partial charge in [0, 0.05) is 6.04 Å². The Balaban J connectivity index is 1.70. The molecule has 5 atom stereocenters. The number of fused-ring (bicyclic) bond motifs is 1. The van der Waals surface area contributed by atoms with E-state index < -0.39 is 30.1 Å². The van der Waals surface area contributed by atoms with Crippen molar-refractivity contribution in [2.75, 3.05) is 6.54 Å². The van der Waals surface area contributed by atoms with Crippen molar-refractivity contribution in [3.63, 3.8) is 0 Å². The van der Waals surface area contributed by atoms with E-state index >= 15 is 0 Å². The van der Waals surface area contributed by atoms with E-state index in [0.29, 0.717) is 38.1 Å². The third-order valence-corrected chi connectivity index (χ3v) is 7.91. The monoisotopic (exact) mass is 451 g/mol. The first-order valence-corrected chi connectivity index (χ1v) is 12.7. The number of hydrogen-bond donors (Lipinski definition) is 4. The van der Waals surface area contributed by atoms with Gasteiger partial charge in [0.25, 0.3) is 0 Å². The van der Waals surface area contributed by atoms with E-state index in [9.17, 15) is 24.6 Å². The van der Waals surface area contributed by atoms with Crippen LogP contribution in [0, 0.1) is 11.8 Å². The average molecular weight is 452 g/mol. The number of likely N-dealkylation sites (tertiary alicyclic amines) is 1. The number of hydrogen-bond acceptors (Lipinski definition) is 5. The lowest BCUT2D eigenvalue weighted by atomic mass is 9.85. The Bertz CT molecular complexity index is 652. The van der Waals surface area contributed by atoms with Gasteiger partial charge in [-0.2, -0.15) is 0 Å². The van der Waals surface area contributed by atoms with Gasteiger partial charge in [0.15, 0.2) is 0 Å². The van der Waals surface area contributed by atoms with E-state index in [0.717, 1.165) is 44.9 Å². The molecule has 32 heavy (non-hydrogen) atoms. The lowest BCUT2D eigenvalue weighted by molar-refractivity contribution is -0.151. The maximum absolute atomic E-state index is 13.6. The summed E-state index contributed by atoms with van der Waals surface area (Å²) in [7, 11) is 0. The van der Waals surface area contributed by atoms with Gasteiger partial charge in [-0.3, -0.25) is 14.9 Å². The fourth-order valence-electron chi connectivity index (χ4n) is 6.18. The van der Waals surface area contributed by atoms with E-state index in [-0.39, 0.29) is 17.9 Å². The van der Waals surface area contributed by atoms with Crippen molar-refractivity contribution in [2.45, 2.75) is 114 Å². The largest absolute Gasteiger partial charge is 0.480 e. The maximum Gasteiger partial charge on any atom is 0.326 e. The summed E-state index contributed by atoms with van der Waals surface area (Å²) in [5, 5.41) is 22.8. The highest BCUT2D eigenvalue weighted by Crippen LogP contribution is 2.41. The summed E-state index contributed by atoms with van der Waals surface area (Å²) >= 11 is 0. The summed E-state index contributed by atoms with van der Waals surface area (Å²) in [4.78, 5) is 39.2. The summed E-state index contributed by atoms with van der Waals surface area (Å²) in [6, 6.07) is -2.32. The van der Waals surface area contributed by atoms with Crippen LogP contribution in [0.25, 0.3) is 0 Å². The number of nitrogens with one attached hydrogen (secondary N) is 1. The number of aliphatic carboxylic acids is 2. The highest BCUT2D eigenvalue weighted by atomic mass is 16.4. The van der Waals surface area contributed by atoms with Crippen molar-refractivity contribution < 1.29 is 24.6 Å². The topological polar surface area (TPSA) is 133 Å². The van der Waals surface area contributed by atoms with E-state index in [2.05, 4.69) is 5.32 Å². The lowest BCUT2D eigenvalue weighted by Gasteiger charge is -2.33. The Morgan fingerprint density at radius 1 is 0.938 bits per heavy atom. The predicted molar refractivity (Wildman–Crippen MR) is 121 cm³/mol. The zero-order valence-corrected chi connectivity index (χ0v) is 19.2. The van der Waals surface area contributed by atoms with Gasteiger partial charge < -0.3 is 20.8 Å². The molecule has 3 aliphatic rings. The molecule has 1 amide bonds. The quantitative estimate of drug-likeness (QED) is 0.335. The average Bonchev–Trinajstić information content (AvgIpc) is 3.37. The van der Waals surface area contributed by atoms with E-state index in [4.69, 9.17) is 5.73 Å². The van der Waals surface area contributed by atoms with Crippen LogP contribution in [0.5, 0.6) is 0 Å². The van der Waals surface area contributed by atoms with Gasteiger partial charge in [-0.25, -0.2) is 4.79 Å². The second-order valence-corrected chi connectivity index (χ2v) is 10.1. The normalized spacial score (nSPS) is 27.8. The Kier molecular flexibility index (Phi) is 9.34. The van der Waals surface area contributed by atoms with Gasteiger partial charge in [0.05, 0.1) is 6.04 Å². The van der Waals surface area contributed by atoms with Gasteiger partial charge in [-0.05, 0) is 63.3 Å². The van der Waals surface area contributed by atoms with Crippen LogP contribution in [0.1, 0.15) is 89.9 Å². The van der Waals surface area contributed by atoms with Crippen molar-refractivity contribution in [3.8, 4) is 0 Å². The third kappa shape index (κ3) is 6.22. The lowest BCUT2D eigenvalue weighted by Crippen LogP contribution is -2.56.